The third-order valence-corrected chi connectivity index (χ3v) is 2.03. The second-order valence-corrected chi connectivity index (χ2v) is 3.04. The Morgan fingerprint density at radius 2 is 2.31 bits per heavy atom. The van der Waals surface area contributed by atoms with E-state index in [9.17, 15) is 9.59 Å². The molecule has 1 fully saturated rings. The molecule has 1 amide bonds. The summed E-state index contributed by atoms with van der Waals surface area (Å²) in [6.07, 6.45) is 0.522. The Morgan fingerprint density at radius 3 is 2.85 bits per heavy atom. The molecule has 74 valence electrons. The number of hydrogen-bond donors (Lipinski definition) is 2. The first-order valence-corrected chi connectivity index (χ1v) is 4.27. The molecule has 1 atom stereocenters. The van der Waals surface area contributed by atoms with Gasteiger partial charge in [0.05, 0.1) is 13.2 Å². The zero-order valence-electron chi connectivity index (χ0n) is 7.28. The lowest BCUT2D eigenvalue weighted by Crippen LogP contribution is -2.35. The summed E-state index contributed by atoms with van der Waals surface area (Å²) in [5.74, 6) is -0.206. The topological polar surface area (TPSA) is 75.6 Å². The minimum absolute atomic E-state index is 0.0814. The summed E-state index contributed by atoms with van der Waals surface area (Å²) in [7, 11) is 0. The molecule has 0 saturated carbocycles. The fourth-order valence-electron chi connectivity index (χ4n) is 1.30. The molecule has 1 heterocycles. The first-order chi connectivity index (χ1) is 6.20. The Kier molecular flexibility index (Phi) is 3.70. The maximum Gasteiger partial charge on any atom is 0.405 e. The van der Waals surface area contributed by atoms with Crippen molar-refractivity contribution in [3.63, 3.8) is 0 Å². The number of carbonyl (C=O) groups is 2. The van der Waals surface area contributed by atoms with Gasteiger partial charge in [0.1, 0.15) is 0 Å². The molecule has 0 aliphatic carbocycles. The van der Waals surface area contributed by atoms with Crippen molar-refractivity contribution in [2.45, 2.75) is 12.8 Å². The molecule has 1 rings (SSSR count). The lowest BCUT2D eigenvalue weighted by atomic mass is 9.97. The summed E-state index contributed by atoms with van der Waals surface area (Å²) in [6, 6.07) is 0. The van der Waals surface area contributed by atoms with Crippen LogP contribution in [-0.4, -0.2) is 36.7 Å². The number of ketones is 1. The van der Waals surface area contributed by atoms with Crippen LogP contribution < -0.4 is 5.32 Å². The van der Waals surface area contributed by atoms with Crippen molar-refractivity contribution in [1.29, 1.82) is 0 Å². The van der Waals surface area contributed by atoms with Gasteiger partial charge in [-0.15, -0.1) is 0 Å². The number of hydrogen-bond acceptors (Lipinski definition) is 3. The molecule has 0 bridgehead atoms. The van der Waals surface area contributed by atoms with Crippen LogP contribution in [0.3, 0.4) is 0 Å². The van der Waals surface area contributed by atoms with Gasteiger partial charge in [0, 0.05) is 12.5 Å². The zero-order chi connectivity index (χ0) is 9.68. The molecular formula is C8H13NO4. The van der Waals surface area contributed by atoms with Crippen LogP contribution >= 0.6 is 0 Å². The highest BCUT2D eigenvalue weighted by Gasteiger charge is 2.21. The Balaban J connectivity index is 2.25. The Morgan fingerprint density at radius 1 is 1.54 bits per heavy atom. The molecule has 2 N–H and O–H groups in total. The first-order valence-electron chi connectivity index (χ1n) is 4.27. The molecule has 1 aliphatic heterocycles. The third-order valence-electron chi connectivity index (χ3n) is 2.03. The summed E-state index contributed by atoms with van der Waals surface area (Å²) < 4.78 is 5.11. The molecule has 0 spiro atoms. The molecule has 0 aromatic heterocycles. The number of carbonyl (C=O) groups excluding carboxylic acids is 1. The van der Waals surface area contributed by atoms with Crippen LogP contribution in [0.5, 0.6) is 0 Å². The van der Waals surface area contributed by atoms with Gasteiger partial charge in [-0.05, 0) is 12.8 Å². The zero-order valence-corrected chi connectivity index (χ0v) is 7.28. The standard InChI is InChI=1S/C8H13NO4/c10-7(4-9-8(11)12)6-2-1-3-13-5-6/h6,9H,1-5H2,(H,11,12). The SMILES string of the molecule is O=C(O)NCC(=O)C1CCCOC1. The largest absolute Gasteiger partial charge is 0.465 e. The third kappa shape index (κ3) is 3.42. The predicted octanol–water partition coefficient (Wildman–Crippen LogP) is 0.250. The molecule has 5 nitrogen and oxygen atoms in total. The van der Waals surface area contributed by atoms with Gasteiger partial charge in [0.25, 0.3) is 0 Å². The summed E-state index contributed by atoms with van der Waals surface area (Å²) >= 11 is 0. The molecule has 1 saturated heterocycles. The molecule has 0 radical (unpaired) electrons. The smallest absolute Gasteiger partial charge is 0.405 e. The van der Waals surface area contributed by atoms with Crippen LogP contribution in [0.2, 0.25) is 0 Å². The van der Waals surface area contributed by atoms with Gasteiger partial charge in [-0.25, -0.2) is 4.79 Å². The second kappa shape index (κ2) is 4.81. The van der Waals surface area contributed by atoms with Crippen LogP contribution in [0.25, 0.3) is 0 Å². The van der Waals surface area contributed by atoms with Gasteiger partial charge in [0.2, 0.25) is 0 Å². The van der Waals surface area contributed by atoms with Crippen molar-refractivity contribution in [3.8, 4) is 0 Å². The van der Waals surface area contributed by atoms with E-state index in [0.29, 0.717) is 13.2 Å². The van der Waals surface area contributed by atoms with Crippen LogP contribution in [-0.2, 0) is 9.53 Å². The number of ether oxygens (including phenoxy) is 1. The summed E-state index contributed by atoms with van der Waals surface area (Å²) in [6.45, 7) is 1.03. The van der Waals surface area contributed by atoms with E-state index >= 15 is 0 Å². The van der Waals surface area contributed by atoms with E-state index in [2.05, 4.69) is 5.32 Å². The number of nitrogens with one attached hydrogen (secondary N) is 1. The van der Waals surface area contributed by atoms with Gasteiger partial charge in [-0.2, -0.15) is 0 Å². The maximum absolute atomic E-state index is 11.3. The lowest BCUT2D eigenvalue weighted by Gasteiger charge is -2.20. The van der Waals surface area contributed by atoms with Gasteiger partial charge in [0.15, 0.2) is 5.78 Å². The van der Waals surface area contributed by atoms with Crippen LogP contribution in [0.4, 0.5) is 4.79 Å². The van der Waals surface area contributed by atoms with Crippen molar-refractivity contribution >= 4 is 11.9 Å². The molecule has 1 unspecified atom stereocenters. The highest BCUT2D eigenvalue weighted by molar-refractivity contribution is 5.85. The Bertz CT molecular complexity index is 198. The first kappa shape index (κ1) is 9.98. The number of rotatable bonds is 3. The highest BCUT2D eigenvalue weighted by atomic mass is 16.5. The average molecular weight is 187 g/mol. The normalized spacial score (nSPS) is 22.3. The molecule has 0 aromatic rings. The van der Waals surface area contributed by atoms with Crippen molar-refractivity contribution in [2.75, 3.05) is 19.8 Å². The highest BCUT2D eigenvalue weighted by Crippen LogP contribution is 2.13. The van der Waals surface area contributed by atoms with Gasteiger partial charge < -0.3 is 15.2 Å². The van der Waals surface area contributed by atoms with E-state index in [1.165, 1.54) is 0 Å². The van der Waals surface area contributed by atoms with E-state index in [0.717, 1.165) is 12.8 Å². The van der Waals surface area contributed by atoms with Gasteiger partial charge >= 0.3 is 6.09 Å². The van der Waals surface area contributed by atoms with E-state index in [1.807, 2.05) is 0 Å². The maximum atomic E-state index is 11.3. The van der Waals surface area contributed by atoms with Crippen molar-refractivity contribution in [2.24, 2.45) is 5.92 Å². The van der Waals surface area contributed by atoms with Crippen molar-refractivity contribution < 1.29 is 19.4 Å². The summed E-state index contributed by atoms with van der Waals surface area (Å²) in [5.41, 5.74) is 0. The minimum Gasteiger partial charge on any atom is -0.465 e. The fraction of sp³-hybridized carbons (Fsp3) is 0.750. The van der Waals surface area contributed by atoms with Crippen molar-refractivity contribution in [1.82, 2.24) is 5.32 Å². The monoisotopic (exact) mass is 187 g/mol. The molecule has 0 aromatic carbocycles. The van der Waals surface area contributed by atoms with E-state index in [-0.39, 0.29) is 18.2 Å². The van der Waals surface area contributed by atoms with E-state index in [1.54, 1.807) is 0 Å². The van der Waals surface area contributed by atoms with Gasteiger partial charge in [-0.3, -0.25) is 4.79 Å². The van der Waals surface area contributed by atoms with Crippen molar-refractivity contribution in [3.05, 3.63) is 0 Å². The van der Waals surface area contributed by atoms with Crippen LogP contribution in [0, 0.1) is 5.92 Å². The van der Waals surface area contributed by atoms with E-state index in [4.69, 9.17) is 9.84 Å². The average Bonchev–Trinajstić information content (AvgIpc) is 2.15. The Labute approximate surface area is 76.1 Å². The molecular weight excluding hydrogens is 174 g/mol. The van der Waals surface area contributed by atoms with Gasteiger partial charge in [-0.1, -0.05) is 0 Å². The summed E-state index contributed by atoms with van der Waals surface area (Å²) in [4.78, 5) is 21.4. The number of Topliss-reactive ketones (excluding diaryl/α,β-unsaturated/α-hetero) is 1. The number of carboxylic acid groups (broad SMARTS) is 1. The lowest BCUT2D eigenvalue weighted by molar-refractivity contribution is -0.125. The molecule has 5 heteroatoms. The van der Waals surface area contributed by atoms with Crippen LogP contribution in [0.1, 0.15) is 12.8 Å². The van der Waals surface area contributed by atoms with E-state index < -0.39 is 6.09 Å². The predicted molar refractivity (Wildman–Crippen MR) is 44.6 cm³/mol. The van der Waals surface area contributed by atoms with Crippen LogP contribution in [0.15, 0.2) is 0 Å². The quantitative estimate of drug-likeness (QED) is 0.664. The number of amides is 1. The molecule has 13 heavy (non-hydrogen) atoms. The minimum atomic E-state index is -1.16. The Hall–Kier alpha value is -1.10. The second-order valence-electron chi connectivity index (χ2n) is 3.04. The summed E-state index contributed by atoms with van der Waals surface area (Å²) in [5, 5.41) is 10.3. The fourth-order valence-corrected chi connectivity index (χ4v) is 1.30. The molecule has 1 aliphatic rings.